The van der Waals surface area contributed by atoms with Gasteiger partial charge in [0, 0.05) is 6.20 Å². The maximum absolute atomic E-state index is 12.7. The second kappa shape index (κ2) is 11.4. The van der Waals surface area contributed by atoms with Gasteiger partial charge in [0.25, 0.3) is 0 Å². The molecule has 2 rings (SSSR count). The molecule has 1 aromatic carbocycles. The smallest absolute Gasteiger partial charge is 0.417 e. The topological polar surface area (TPSA) is 93.2 Å². The molecule has 0 aliphatic carbocycles. The van der Waals surface area contributed by atoms with E-state index in [0.717, 1.165) is 6.08 Å². The van der Waals surface area contributed by atoms with Gasteiger partial charge >= 0.3 is 18.1 Å². The molecular formula is C21H19ClF3NO7. The van der Waals surface area contributed by atoms with Crippen molar-refractivity contribution >= 4 is 23.5 Å². The Labute approximate surface area is 191 Å². The van der Waals surface area contributed by atoms with Crippen LogP contribution in [-0.4, -0.2) is 43.9 Å². The first kappa shape index (κ1) is 25.8. The molecule has 0 radical (unpaired) electrons. The van der Waals surface area contributed by atoms with Gasteiger partial charge in [0.15, 0.2) is 6.10 Å². The van der Waals surface area contributed by atoms with Crippen LogP contribution in [0.25, 0.3) is 0 Å². The lowest BCUT2D eigenvalue weighted by molar-refractivity contribution is -0.151. The predicted molar refractivity (Wildman–Crippen MR) is 109 cm³/mol. The molecule has 1 unspecified atom stereocenters. The first-order chi connectivity index (χ1) is 15.5. The highest BCUT2D eigenvalue weighted by atomic mass is 35.5. The minimum Gasteiger partial charge on any atom is -0.497 e. The summed E-state index contributed by atoms with van der Waals surface area (Å²) >= 11 is 5.82. The van der Waals surface area contributed by atoms with E-state index in [9.17, 15) is 22.8 Å². The maximum atomic E-state index is 12.7. The van der Waals surface area contributed by atoms with Crippen molar-refractivity contribution in [3.63, 3.8) is 0 Å². The third-order valence-electron chi connectivity index (χ3n) is 3.92. The molecule has 1 aromatic heterocycles. The van der Waals surface area contributed by atoms with E-state index in [1.807, 2.05) is 0 Å². The molecule has 2 aromatic rings. The number of hydrogen-bond donors (Lipinski definition) is 0. The predicted octanol–water partition coefficient (Wildman–Crippen LogP) is 4.56. The van der Waals surface area contributed by atoms with Gasteiger partial charge in [-0.1, -0.05) is 11.6 Å². The zero-order valence-corrected chi connectivity index (χ0v) is 18.4. The van der Waals surface area contributed by atoms with E-state index in [2.05, 4.69) is 9.72 Å². The van der Waals surface area contributed by atoms with Gasteiger partial charge in [-0.2, -0.15) is 13.2 Å². The van der Waals surface area contributed by atoms with Crippen LogP contribution in [0.4, 0.5) is 13.2 Å². The summed E-state index contributed by atoms with van der Waals surface area (Å²) in [5.74, 6) is -0.991. The summed E-state index contributed by atoms with van der Waals surface area (Å²) in [7, 11) is 2.50. The number of carbonyl (C=O) groups is 2. The number of methoxy groups -OCH3 is 2. The van der Waals surface area contributed by atoms with Gasteiger partial charge in [0.05, 0.1) is 25.9 Å². The SMILES string of the molecule is COC(=O)C=C(COC(=O)C(C)Oc1ccc(Oc2ncc(C(F)(F)F)cc2Cl)cc1)OC. The number of aromatic nitrogens is 1. The molecule has 1 heterocycles. The monoisotopic (exact) mass is 489 g/mol. The Morgan fingerprint density at radius 3 is 2.30 bits per heavy atom. The van der Waals surface area contributed by atoms with E-state index < -0.39 is 29.8 Å². The van der Waals surface area contributed by atoms with Crippen molar-refractivity contribution in [3.05, 3.63) is 58.9 Å². The van der Waals surface area contributed by atoms with E-state index in [1.54, 1.807) is 0 Å². The average molecular weight is 490 g/mol. The number of esters is 2. The highest BCUT2D eigenvalue weighted by Gasteiger charge is 2.31. The number of carbonyl (C=O) groups excluding carboxylic acids is 2. The van der Waals surface area contributed by atoms with Crippen molar-refractivity contribution in [3.8, 4) is 17.4 Å². The number of nitrogens with zero attached hydrogens (tertiary/aromatic N) is 1. The Kier molecular flexibility index (Phi) is 8.92. The standard InChI is InChI=1S/C21H19ClF3NO7/c1-12(20(28)31-11-16(29-2)9-18(27)30-3)32-14-4-6-15(7-5-14)33-19-17(22)8-13(10-26-19)21(23,24)25/h4-10,12H,11H2,1-3H3. The summed E-state index contributed by atoms with van der Waals surface area (Å²) in [5.41, 5.74) is -0.997. The number of alkyl halides is 3. The third-order valence-corrected chi connectivity index (χ3v) is 4.19. The van der Waals surface area contributed by atoms with Crippen LogP contribution >= 0.6 is 11.6 Å². The van der Waals surface area contributed by atoms with Crippen molar-refractivity contribution in [2.75, 3.05) is 20.8 Å². The summed E-state index contributed by atoms with van der Waals surface area (Å²) in [6.45, 7) is 1.15. The van der Waals surface area contributed by atoms with Crippen LogP contribution in [0.5, 0.6) is 17.4 Å². The molecule has 0 amide bonds. The van der Waals surface area contributed by atoms with Crippen LogP contribution in [0.15, 0.2) is 48.4 Å². The lowest BCUT2D eigenvalue weighted by atomic mass is 10.3. The minimum atomic E-state index is -4.57. The van der Waals surface area contributed by atoms with Crippen LogP contribution in [-0.2, 0) is 30.0 Å². The van der Waals surface area contributed by atoms with E-state index in [-0.39, 0.29) is 34.8 Å². The molecule has 1 atom stereocenters. The lowest BCUT2D eigenvalue weighted by Gasteiger charge is -2.15. The molecule has 33 heavy (non-hydrogen) atoms. The highest BCUT2D eigenvalue weighted by molar-refractivity contribution is 6.31. The zero-order valence-electron chi connectivity index (χ0n) is 17.6. The summed E-state index contributed by atoms with van der Waals surface area (Å²) < 4.78 is 63.3. The van der Waals surface area contributed by atoms with E-state index >= 15 is 0 Å². The van der Waals surface area contributed by atoms with Gasteiger partial charge in [-0.3, -0.25) is 0 Å². The van der Waals surface area contributed by atoms with Crippen molar-refractivity contribution in [2.24, 2.45) is 0 Å². The van der Waals surface area contributed by atoms with Crippen molar-refractivity contribution in [1.82, 2.24) is 4.98 Å². The van der Waals surface area contributed by atoms with Gasteiger partial charge in [0.1, 0.15) is 28.9 Å². The minimum absolute atomic E-state index is 0.0828. The van der Waals surface area contributed by atoms with E-state index in [0.29, 0.717) is 12.3 Å². The highest BCUT2D eigenvalue weighted by Crippen LogP contribution is 2.34. The summed E-state index contributed by atoms with van der Waals surface area (Å²) in [6, 6.07) is 6.55. The van der Waals surface area contributed by atoms with Crippen LogP contribution in [0.1, 0.15) is 12.5 Å². The van der Waals surface area contributed by atoms with Crippen LogP contribution in [0, 0.1) is 0 Å². The molecule has 0 aliphatic heterocycles. The first-order valence-electron chi connectivity index (χ1n) is 9.20. The molecule has 178 valence electrons. The molecule has 0 spiro atoms. The molecule has 0 bridgehead atoms. The summed E-state index contributed by atoms with van der Waals surface area (Å²) in [5, 5.41) is -0.307. The zero-order chi connectivity index (χ0) is 24.6. The normalized spacial score (nSPS) is 12.5. The lowest BCUT2D eigenvalue weighted by Crippen LogP contribution is -2.27. The molecule has 12 heteroatoms. The second-order valence-electron chi connectivity index (χ2n) is 6.29. The molecular weight excluding hydrogens is 471 g/mol. The summed E-state index contributed by atoms with van der Waals surface area (Å²) in [4.78, 5) is 26.9. The van der Waals surface area contributed by atoms with Crippen molar-refractivity contribution in [2.45, 2.75) is 19.2 Å². The Balaban J connectivity index is 1.94. The second-order valence-corrected chi connectivity index (χ2v) is 6.70. The number of benzene rings is 1. The number of rotatable bonds is 9. The van der Waals surface area contributed by atoms with E-state index in [4.69, 9.17) is 30.5 Å². The first-order valence-corrected chi connectivity index (χ1v) is 9.57. The average Bonchev–Trinajstić information content (AvgIpc) is 2.77. The Bertz CT molecular complexity index is 1010. The number of ether oxygens (including phenoxy) is 5. The fourth-order valence-electron chi connectivity index (χ4n) is 2.22. The largest absolute Gasteiger partial charge is 0.497 e. The van der Waals surface area contributed by atoms with Gasteiger partial charge in [-0.25, -0.2) is 14.6 Å². The third kappa shape index (κ3) is 7.86. The molecule has 0 fully saturated rings. The van der Waals surface area contributed by atoms with Gasteiger partial charge in [-0.05, 0) is 37.3 Å². The molecule has 8 nitrogen and oxygen atoms in total. The van der Waals surface area contributed by atoms with Gasteiger partial charge in [-0.15, -0.1) is 0 Å². The van der Waals surface area contributed by atoms with Crippen molar-refractivity contribution < 1.29 is 46.4 Å². The molecule has 0 aliphatic rings. The number of halogens is 4. The molecule has 0 N–H and O–H groups in total. The van der Waals surface area contributed by atoms with Crippen LogP contribution in [0.2, 0.25) is 5.02 Å². The molecule has 0 saturated carbocycles. The maximum Gasteiger partial charge on any atom is 0.417 e. The quantitative estimate of drug-likeness (QED) is 0.287. The van der Waals surface area contributed by atoms with Crippen LogP contribution < -0.4 is 9.47 Å². The molecule has 0 saturated heterocycles. The Hall–Kier alpha value is -3.47. The van der Waals surface area contributed by atoms with E-state index in [1.165, 1.54) is 45.4 Å². The number of pyridine rings is 1. The fourth-order valence-corrected chi connectivity index (χ4v) is 2.42. The fraction of sp³-hybridized carbons (Fsp3) is 0.286. The van der Waals surface area contributed by atoms with Gasteiger partial charge in [0.2, 0.25) is 5.88 Å². The van der Waals surface area contributed by atoms with Crippen LogP contribution in [0.3, 0.4) is 0 Å². The van der Waals surface area contributed by atoms with Crippen molar-refractivity contribution in [1.29, 1.82) is 0 Å². The Morgan fingerprint density at radius 2 is 1.76 bits per heavy atom. The van der Waals surface area contributed by atoms with Gasteiger partial charge < -0.3 is 23.7 Å². The number of hydrogen-bond acceptors (Lipinski definition) is 8. The Morgan fingerprint density at radius 1 is 1.12 bits per heavy atom. The summed E-state index contributed by atoms with van der Waals surface area (Å²) in [6.07, 6.45) is -3.93.